The van der Waals surface area contributed by atoms with Gasteiger partial charge in [0.15, 0.2) is 0 Å². The van der Waals surface area contributed by atoms with E-state index in [-0.39, 0.29) is 11.9 Å². The lowest BCUT2D eigenvalue weighted by Crippen LogP contribution is -2.20. The van der Waals surface area contributed by atoms with E-state index in [1.54, 1.807) is 0 Å². The number of Topliss-reactive ketones (excluding diaryl/α,β-unsaturated/α-hetero) is 1. The van der Waals surface area contributed by atoms with E-state index < -0.39 is 0 Å². The Morgan fingerprint density at radius 2 is 2.36 bits per heavy atom. The van der Waals surface area contributed by atoms with E-state index in [1.165, 1.54) is 0 Å². The second-order valence-corrected chi connectivity index (χ2v) is 4.05. The van der Waals surface area contributed by atoms with Crippen molar-refractivity contribution in [3.05, 3.63) is 28.5 Å². The third-order valence-corrected chi connectivity index (χ3v) is 2.62. The Labute approximate surface area is 90.6 Å². The maximum atomic E-state index is 11.2. The van der Waals surface area contributed by atoms with Crippen LogP contribution in [0.2, 0.25) is 0 Å². The van der Waals surface area contributed by atoms with Gasteiger partial charge in [-0.3, -0.25) is 4.79 Å². The number of ketones is 1. The van der Waals surface area contributed by atoms with Crippen LogP contribution in [0.5, 0.6) is 0 Å². The van der Waals surface area contributed by atoms with Crippen molar-refractivity contribution in [2.24, 2.45) is 0 Å². The lowest BCUT2D eigenvalue weighted by atomic mass is 10.0. The molecule has 0 aliphatic carbocycles. The predicted molar refractivity (Wildman–Crippen MR) is 54.9 cm³/mol. The fraction of sp³-hybridized carbons (Fsp3) is 0.400. The topological polar surface area (TPSA) is 39.2 Å². The number of rotatable bonds is 1. The minimum Gasteiger partial charge on any atom is -0.371 e. The van der Waals surface area contributed by atoms with Crippen LogP contribution >= 0.6 is 15.9 Å². The molecule has 14 heavy (non-hydrogen) atoms. The first-order valence-corrected chi connectivity index (χ1v) is 5.31. The molecule has 0 radical (unpaired) electrons. The maximum absolute atomic E-state index is 11.2. The molecule has 1 aliphatic rings. The largest absolute Gasteiger partial charge is 0.371 e. The molecule has 0 aromatic carbocycles. The second-order valence-electron chi connectivity index (χ2n) is 3.24. The van der Waals surface area contributed by atoms with Crippen molar-refractivity contribution in [1.82, 2.24) is 4.98 Å². The fourth-order valence-electron chi connectivity index (χ4n) is 1.48. The summed E-state index contributed by atoms with van der Waals surface area (Å²) in [6.07, 6.45) is 0.822. The van der Waals surface area contributed by atoms with E-state index >= 15 is 0 Å². The van der Waals surface area contributed by atoms with Gasteiger partial charge in [0.05, 0.1) is 12.3 Å². The Kier molecular flexibility index (Phi) is 2.93. The van der Waals surface area contributed by atoms with E-state index in [2.05, 4.69) is 20.9 Å². The van der Waals surface area contributed by atoms with Crippen molar-refractivity contribution in [3.8, 4) is 0 Å². The molecular formula is C10H10BrNO2. The number of ether oxygens (including phenoxy) is 1. The van der Waals surface area contributed by atoms with Gasteiger partial charge in [0.2, 0.25) is 0 Å². The predicted octanol–water partition coefficient (Wildman–Crippen LogP) is 2.26. The maximum Gasteiger partial charge on any atom is 0.138 e. The van der Waals surface area contributed by atoms with Gasteiger partial charge in [-0.25, -0.2) is 4.98 Å². The number of halogens is 1. The molecule has 1 saturated heterocycles. The first-order valence-electron chi connectivity index (χ1n) is 4.51. The van der Waals surface area contributed by atoms with Crippen molar-refractivity contribution in [2.45, 2.75) is 18.9 Å². The first-order chi connectivity index (χ1) is 6.75. The van der Waals surface area contributed by atoms with Gasteiger partial charge in [-0.15, -0.1) is 0 Å². The minimum atomic E-state index is -0.159. The molecule has 4 heteroatoms. The van der Waals surface area contributed by atoms with Crippen LogP contribution in [0.3, 0.4) is 0 Å². The molecule has 74 valence electrons. The van der Waals surface area contributed by atoms with Crippen molar-refractivity contribution in [1.29, 1.82) is 0 Å². The van der Waals surface area contributed by atoms with E-state index in [1.807, 2.05) is 18.2 Å². The first kappa shape index (κ1) is 9.80. The number of hydrogen-bond acceptors (Lipinski definition) is 3. The van der Waals surface area contributed by atoms with E-state index in [4.69, 9.17) is 4.74 Å². The summed E-state index contributed by atoms with van der Waals surface area (Å²) >= 11 is 3.29. The molecular weight excluding hydrogens is 246 g/mol. The SMILES string of the molecule is O=C1CCOC(c2cccc(Br)n2)C1. The number of carbonyl (C=O) groups excluding carboxylic acids is 1. The molecule has 0 amide bonds. The number of carbonyl (C=O) groups is 1. The van der Waals surface area contributed by atoms with E-state index in [0.717, 1.165) is 10.3 Å². The Hall–Kier alpha value is -0.740. The molecule has 1 aliphatic heterocycles. The third-order valence-electron chi connectivity index (χ3n) is 2.18. The second kappa shape index (κ2) is 4.19. The van der Waals surface area contributed by atoms with E-state index in [9.17, 15) is 4.79 Å². The zero-order chi connectivity index (χ0) is 9.97. The smallest absolute Gasteiger partial charge is 0.138 e. The van der Waals surface area contributed by atoms with Gasteiger partial charge in [0, 0.05) is 12.8 Å². The average molecular weight is 256 g/mol. The molecule has 0 N–H and O–H groups in total. The summed E-state index contributed by atoms with van der Waals surface area (Å²) in [5.41, 5.74) is 0.826. The zero-order valence-electron chi connectivity index (χ0n) is 7.57. The van der Waals surface area contributed by atoms with Crippen LogP contribution in [0.4, 0.5) is 0 Å². The Morgan fingerprint density at radius 1 is 1.50 bits per heavy atom. The van der Waals surface area contributed by atoms with Crippen LogP contribution in [0.25, 0.3) is 0 Å². The zero-order valence-corrected chi connectivity index (χ0v) is 9.16. The van der Waals surface area contributed by atoms with Crippen molar-refractivity contribution in [3.63, 3.8) is 0 Å². The van der Waals surface area contributed by atoms with Crippen LogP contribution in [0.15, 0.2) is 22.8 Å². The normalized spacial score (nSPS) is 22.4. The van der Waals surface area contributed by atoms with Crippen LogP contribution in [-0.2, 0) is 9.53 Å². The summed E-state index contributed by atoms with van der Waals surface area (Å²) in [5, 5.41) is 0. The van der Waals surface area contributed by atoms with Gasteiger partial charge in [0.25, 0.3) is 0 Å². The highest BCUT2D eigenvalue weighted by atomic mass is 79.9. The quantitative estimate of drug-likeness (QED) is 0.723. The molecule has 1 aromatic rings. The molecule has 0 bridgehead atoms. The number of aromatic nitrogens is 1. The summed E-state index contributed by atoms with van der Waals surface area (Å²) in [5.74, 6) is 0.253. The molecule has 2 heterocycles. The van der Waals surface area contributed by atoms with Crippen LogP contribution in [0.1, 0.15) is 24.6 Å². The summed E-state index contributed by atoms with van der Waals surface area (Å²) in [4.78, 5) is 15.5. The van der Waals surface area contributed by atoms with Crippen LogP contribution in [-0.4, -0.2) is 17.4 Å². The standard InChI is InChI=1S/C10H10BrNO2/c11-10-3-1-2-8(12-10)9-6-7(13)4-5-14-9/h1-3,9H,4-6H2. The van der Waals surface area contributed by atoms with Gasteiger partial charge in [-0.05, 0) is 28.1 Å². The molecule has 0 spiro atoms. The van der Waals surface area contributed by atoms with E-state index in [0.29, 0.717) is 19.4 Å². The number of hydrogen-bond donors (Lipinski definition) is 0. The Morgan fingerprint density at radius 3 is 3.07 bits per heavy atom. The van der Waals surface area contributed by atoms with Gasteiger partial charge < -0.3 is 4.74 Å². The van der Waals surface area contributed by atoms with Gasteiger partial charge >= 0.3 is 0 Å². The van der Waals surface area contributed by atoms with Crippen molar-refractivity contribution in [2.75, 3.05) is 6.61 Å². The lowest BCUT2D eigenvalue weighted by molar-refractivity contribution is -0.128. The van der Waals surface area contributed by atoms with Crippen molar-refractivity contribution < 1.29 is 9.53 Å². The monoisotopic (exact) mass is 255 g/mol. The fourth-order valence-corrected chi connectivity index (χ4v) is 1.83. The molecule has 3 nitrogen and oxygen atoms in total. The molecule has 2 rings (SSSR count). The van der Waals surface area contributed by atoms with Gasteiger partial charge in [-0.1, -0.05) is 6.07 Å². The third kappa shape index (κ3) is 2.19. The lowest BCUT2D eigenvalue weighted by Gasteiger charge is -2.21. The van der Waals surface area contributed by atoms with Crippen LogP contribution in [0, 0.1) is 0 Å². The molecule has 1 atom stereocenters. The van der Waals surface area contributed by atoms with Crippen molar-refractivity contribution >= 4 is 21.7 Å². The number of pyridine rings is 1. The summed E-state index contributed by atoms with van der Waals surface area (Å²) in [6, 6.07) is 5.64. The van der Waals surface area contributed by atoms with Gasteiger partial charge in [0.1, 0.15) is 16.5 Å². The highest BCUT2D eigenvalue weighted by Crippen LogP contribution is 2.25. The average Bonchev–Trinajstić information content (AvgIpc) is 2.18. The Balaban J connectivity index is 2.17. The highest BCUT2D eigenvalue weighted by Gasteiger charge is 2.22. The summed E-state index contributed by atoms with van der Waals surface area (Å²) < 4.78 is 6.26. The molecule has 1 fully saturated rings. The van der Waals surface area contributed by atoms with Gasteiger partial charge in [-0.2, -0.15) is 0 Å². The highest BCUT2D eigenvalue weighted by molar-refractivity contribution is 9.10. The minimum absolute atomic E-state index is 0.159. The molecule has 1 unspecified atom stereocenters. The summed E-state index contributed by atoms with van der Waals surface area (Å²) in [6.45, 7) is 0.512. The summed E-state index contributed by atoms with van der Waals surface area (Å²) in [7, 11) is 0. The molecule has 0 saturated carbocycles. The molecule has 1 aromatic heterocycles. The Bertz CT molecular complexity index is 354. The van der Waals surface area contributed by atoms with Crippen LogP contribution < -0.4 is 0 Å². The number of nitrogens with zero attached hydrogens (tertiary/aromatic N) is 1.